The minimum absolute atomic E-state index is 0.105. The van der Waals surface area contributed by atoms with Crippen LogP contribution in [0.5, 0.6) is 0 Å². The van der Waals surface area contributed by atoms with Crippen LogP contribution in [0, 0.1) is 0 Å². The lowest BCUT2D eigenvalue weighted by Crippen LogP contribution is -2.49. The van der Waals surface area contributed by atoms with E-state index in [0.717, 1.165) is 24.3 Å². The second kappa shape index (κ2) is 11.2. The molecule has 8 nitrogen and oxygen atoms in total. The van der Waals surface area contributed by atoms with E-state index < -0.39 is 5.60 Å². The molecule has 1 aliphatic rings. The molecule has 1 aliphatic heterocycles. The molecular formula is C28H37N5O3. The van der Waals surface area contributed by atoms with Crippen LogP contribution in [0.2, 0.25) is 0 Å². The molecule has 8 heteroatoms. The fourth-order valence-electron chi connectivity index (χ4n) is 4.84. The fourth-order valence-corrected chi connectivity index (χ4v) is 4.84. The van der Waals surface area contributed by atoms with Gasteiger partial charge in [0.25, 0.3) is 5.56 Å². The minimum atomic E-state index is -1.05. The van der Waals surface area contributed by atoms with Crippen LogP contribution in [0.3, 0.4) is 0 Å². The van der Waals surface area contributed by atoms with Gasteiger partial charge in [0.15, 0.2) is 0 Å². The first kappa shape index (κ1) is 25.9. The SMILES string of the molecule is CNCCN(C)c1ccc2c(=O)n(CC3(O)CCN(C(=O)C[C@@H](C)c4ccccc4)CC3)cnc2c1. The smallest absolute Gasteiger partial charge is 0.261 e. The van der Waals surface area contributed by atoms with Crippen molar-refractivity contribution < 1.29 is 9.90 Å². The van der Waals surface area contributed by atoms with Gasteiger partial charge in [-0.05, 0) is 49.6 Å². The Morgan fingerprint density at radius 2 is 1.92 bits per heavy atom. The first-order valence-electron chi connectivity index (χ1n) is 12.7. The number of nitrogens with zero attached hydrogens (tertiary/aromatic N) is 4. The van der Waals surface area contributed by atoms with Crippen molar-refractivity contribution in [1.29, 1.82) is 0 Å². The summed E-state index contributed by atoms with van der Waals surface area (Å²) in [6, 6.07) is 15.7. The summed E-state index contributed by atoms with van der Waals surface area (Å²) >= 11 is 0. The van der Waals surface area contributed by atoms with Crippen molar-refractivity contribution in [1.82, 2.24) is 19.8 Å². The third-order valence-electron chi connectivity index (χ3n) is 7.31. The van der Waals surface area contributed by atoms with Gasteiger partial charge in [-0.2, -0.15) is 0 Å². The van der Waals surface area contributed by atoms with Gasteiger partial charge in [0, 0.05) is 45.3 Å². The number of piperidine rings is 1. The number of aliphatic hydroxyl groups is 1. The second-order valence-corrected chi connectivity index (χ2v) is 10.0. The fraction of sp³-hybridized carbons (Fsp3) is 0.464. The maximum atomic E-state index is 13.1. The molecule has 0 aliphatic carbocycles. The Morgan fingerprint density at radius 3 is 2.61 bits per heavy atom. The molecule has 0 spiro atoms. The van der Waals surface area contributed by atoms with E-state index in [4.69, 9.17) is 0 Å². The number of amides is 1. The van der Waals surface area contributed by atoms with Crippen LogP contribution in [-0.2, 0) is 11.3 Å². The number of aromatic nitrogens is 2. The highest BCUT2D eigenvalue weighted by atomic mass is 16.3. The third kappa shape index (κ3) is 5.94. The molecule has 192 valence electrons. The predicted molar refractivity (Wildman–Crippen MR) is 143 cm³/mol. The first-order valence-corrected chi connectivity index (χ1v) is 12.7. The third-order valence-corrected chi connectivity index (χ3v) is 7.31. The molecule has 0 saturated carbocycles. The summed E-state index contributed by atoms with van der Waals surface area (Å²) in [4.78, 5) is 34.5. The van der Waals surface area contributed by atoms with Crippen molar-refractivity contribution in [3.63, 3.8) is 0 Å². The molecular weight excluding hydrogens is 454 g/mol. The van der Waals surface area contributed by atoms with E-state index in [1.54, 1.807) is 0 Å². The van der Waals surface area contributed by atoms with Crippen molar-refractivity contribution in [2.24, 2.45) is 0 Å². The Hall–Kier alpha value is -3.23. The highest BCUT2D eigenvalue weighted by molar-refractivity contribution is 5.81. The van der Waals surface area contributed by atoms with Crippen LogP contribution in [0.4, 0.5) is 5.69 Å². The Labute approximate surface area is 212 Å². The zero-order valence-electron chi connectivity index (χ0n) is 21.5. The minimum Gasteiger partial charge on any atom is -0.388 e. The Bertz CT molecular complexity index is 1230. The molecule has 3 aromatic rings. The number of anilines is 1. The van der Waals surface area contributed by atoms with Gasteiger partial charge >= 0.3 is 0 Å². The molecule has 1 amide bonds. The highest BCUT2D eigenvalue weighted by Crippen LogP contribution is 2.27. The van der Waals surface area contributed by atoms with Gasteiger partial charge in [0.05, 0.1) is 29.4 Å². The average molecular weight is 492 g/mol. The Morgan fingerprint density at radius 1 is 1.19 bits per heavy atom. The van der Waals surface area contributed by atoms with Crippen molar-refractivity contribution in [2.75, 3.05) is 45.2 Å². The molecule has 0 unspecified atom stereocenters. The van der Waals surface area contributed by atoms with Crippen molar-refractivity contribution in [3.05, 3.63) is 70.8 Å². The lowest BCUT2D eigenvalue weighted by molar-refractivity contribution is -0.136. The van der Waals surface area contributed by atoms with Gasteiger partial charge < -0.3 is 20.2 Å². The van der Waals surface area contributed by atoms with Gasteiger partial charge in [-0.3, -0.25) is 14.2 Å². The Balaban J connectivity index is 1.38. The largest absolute Gasteiger partial charge is 0.388 e. The van der Waals surface area contributed by atoms with Gasteiger partial charge in [-0.1, -0.05) is 37.3 Å². The Kier molecular flexibility index (Phi) is 8.06. The summed E-state index contributed by atoms with van der Waals surface area (Å²) in [5.74, 6) is 0.249. The molecule has 1 fully saturated rings. The van der Waals surface area contributed by atoms with Crippen LogP contribution in [0.25, 0.3) is 10.9 Å². The molecule has 36 heavy (non-hydrogen) atoms. The monoisotopic (exact) mass is 491 g/mol. The quantitative estimate of drug-likeness (QED) is 0.478. The highest BCUT2D eigenvalue weighted by Gasteiger charge is 2.35. The molecule has 4 rings (SSSR count). The summed E-state index contributed by atoms with van der Waals surface area (Å²) in [6.07, 6.45) is 2.83. The molecule has 1 saturated heterocycles. The molecule has 2 N–H and O–H groups in total. The standard InChI is InChI=1S/C28H37N5O3/c1-21(22-7-5-4-6-8-22)17-26(34)32-14-11-28(36,12-15-32)19-33-20-30-25-18-23(31(3)16-13-29-2)9-10-24(25)27(33)35/h4-10,18,20-21,29,36H,11-17,19H2,1-3H3/t21-/m1/s1. The van der Waals surface area contributed by atoms with E-state index in [9.17, 15) is 14.7 Å². The number of fused-ring (bicyclic) bond motifs is 1. The summed E-state index contributed by atoms with van der Waals surface area (Å²) in [6.45, 7) is 4.90. The molecule has 2 heterocycles. The first-order chi connectivity index (χ1) is 17.3. The number of likely N-dealkylation sites (N-methyl/N-ethyl adjacent to an activating group) is 2. The van der Waals surface area contributed by atoms with E-state index in [1.807, 2.05) is 67.5 Å². The maximum absolute atomic E-state index is 13.1. The summed E-state index contributed by atoms with van der Waals surface area (Å²) in [5, 5.41) is 14.9. The number of carbonyl (C=O) groups is 1. The topological polar surface area (TPSA) is 90.7 Å². The number of nitrogens with one attached hydrogen (secondary N) is 1. The van der Waals surface area contributed by atoms with E-state index in [0.29, 0.717) is 43.3 Å². The van der Waals surface area contributed by atoms with Crippen LogP contribution >= 0.6 is 0 Å². The van der Waals surface area contributed by atoms with E-state index in [1.165, 1.54) is 10.9 Å². The van der Waals surface area contributed by atoms with Crippen molar-refractivity contribution in [3.8, 4) is 0 Å². The van der Waals surface area contributed by atoms with Crippen molar-refractivity contribution in [2.45, 2.75) is 44.2 Å². The van der Waals surface area contributed by atoms with Gasteiger partial charge in [-0.15, -0.1) is 0 Å². The van der Waals surface area contributed by atoms with Gasteiger partial charge in [0.2, 0.25) is 5.91 Å². The molecule has 0 bridgehead atoms. The summed E-state index contributed by atoms with van der Waals surface area (Å²) < 4.78 is 1.50. The van der Waals surface area contributed by atoms with E-state index in [-0.39, 0.29) is 23.9 Å². The maximum Gasteiger partial charge on any atom is 0.261 e. The zero-order valence-corrected chi connectivity index (χ0v) is 21.5. The molecule has 1 aromatic heterocycles. The predicted octanol–water partition coefficient (Wildman–Crippen LogP) is 2.60. The van der Waals surface area contributed by atoms with Crippen LogP contribution < -0.4 is 15.8 Å². The lowest BCUT2D eigenvalue weighted by atomic mass is 9.90. The zero-order chi connectivity index (χ0) is 25.7. The number of hydrogen-bond acceptors (Lipinski definition) is 6. The number of rotatable bonds is 9. The molecule has 0 radical (unpaired) electrons. The van der Waals surface area contributed by atoms with Crippen LogP contribution in [-0.4, -0.2) is 71.3 Å². The lowest BCUT2D eigenvalue weighted by Gasteiger charge is -2.38. The van der Waals surface area contributed by atoms with Gasteiger partial charge in [0.1, 0.15) is 0 Å². The number of carbonyl (C=O) groups excluding carboxylic acids is 1. The molecule has 2 aromatic carbocycles. The van der Waals surface area contributed by atoms with Crippen LogP contribution in [0.15, 0.2) is 59.7 Å². The second-order valence-electron chi connectivity index (χ2n) is 10.0. The summed E-state index contributed by atoms with van der Waals surface area (Å²) in [7, 11) is 3.93. The number of likely N-dealkylation sites (tertiary alicyclic amines) is 1. The average Bonchev–Trinajstić information content (AvgIpc) is 2.89. The van der Waals surface area contributed by atoms with Crippen molar-refractivity contribution >= 4 is 22.5 Å². The summed E-state index contributed by atoms with van der Waals surface area (Å²) in [5.41, 5.74) is 1.59. The van der Waals surface area contributed by atoms with Gasteiger partial charge in [-0.25, -0.2) is 4.98 Å². The van der Waals surface area contributed by atoms with E-state index in [2.05, 4.69) is 22.1 Å². The molecule has 1 atom stereocenters. The normalized spacial score (nSPS) is 16.2. The number of benzene rings is 2. The van der Waals surface area contributed by atoms with Crippen LogP contribution in [0.1, 0.15) is 37.7 Å². The number of hydrogen-bond donors (Lipinski definition) is 2. The van der Waals surface area contributed by atoms with E-state index >= 15 is 0 Å².